The first kappa shape index (κ1) is 15.8. The normalized spacial score (nSPS) is 10.4. The molecule has 0 aliphatic carbocycles. The van der Waals surface area contributed by atoms with Crippen molar-refractivity contribution in [2.24, 2.45) is 0 Å². The number of hydrogen-bond acceptors (Lipinski definition) is 4. The van der Waals surface area contributed by atoms with Crippen LogP contribution in [-0.4, -0.2) is 25.1 Å². The molecule has 0 fully saturated rings. The van der Waals surface area contributed by atoms with Crippen molar-refractivity contribution in [2.75, 3.05) is 14.2 Å². The van der Waals surface area contributed by atoms with Gasteiger partial charge in [0, 0.05) is 23.7 Å². The molecule has 0 saturated heterocycles. The minimum atomic E-state index is -0.177. The van der Waals surface area contributed by atoms with Gasteiger partial charge >= 0.3 is 0 Å². The molecule has 0 aliphatic rings. The Balaban J connectivity index is 1.72. The highest BCUT2D eigenvalue weighted by atomic mass is 16.5. The van der Waals surface area contributed by atoms with Gasteiger partial charge in [0.25, 0.3) is 5.91 Å². The van der Waals surface area contributed by atoms with Crippen LogP contribution in [-0.2, 0) is 6.54 Å². The molecule has 0 spiro atoms. The monoisotopic (exact) mass is 322 g/mol. The van der Waals surface area contributed by atoms with E-state index in [1.807, 2.05) is 30.3 Å². The Kier molecular flexibility index (Phi) is 4.61. The van der Waals surface area contributed by atoms with Crippen LogP contribution in [0.3, 0.4) is 0 Å². The highest BCUT2D eigenvalue weighted by Gasteiger charge is 2.10. The van der Waals surface area contributed by atoms with Crippen molar-refractivity contribution in [3.8, 4) is 11.5 Å². The number of ether oxygens (including phenoxy) is 2. The minimum absolute atomic E-state index is 0.177. The molecule has 0 aliphatic heterocycles. The second-order valence-electron chi connectivity index (χ2n) is 5.29. The third kappa shape index (κ3) is 3.30. The second-order valence-corrected chi connectivity index (χ2v) is 5.29. The van der Waals surface area contributed by atoms with Crippen molar-refractivity contribution >= 4 is 16.8 Å². The number of amides is 1. The lowest BCUT2D eigenvalue weighted by atomic mass is 10.1. The average Bonchev–Trinajstić information content (AvgIpc) is 2.65. The van der Waals surface area contributed by atoms with Gasteiger partial charge in [-0.15, -0.1) is 0 Å². The number of pyridine rings is 1. The third-order valence-electron chi connectivity index (χ3n) is 3.75. The van der Waals surface area contributed by atoms with Crippen LogP contribution >= 0.6 is 0 Å². The summed E-state index contributed by atoms with van der Waals surface area (Å²) in [6.45, 7) is 0.408. The van der Waals surface area contributed by atoms with Gasteiger partial charge in [0.2, 0.25) is 0 Å². The van der Waals surface area contributed by atoms with Crippen LogP contribution in [0.25, 0.3) is 10.9 Å². The first-order valence-electron chi connectivity index (χ1n) is 7.55. The Bertz CT molecular complexity index is 877. The van der Waals surface area contributed by atoms with E-state index in [0.717, 1.165) is 16.5 Å². The Morgan fingerprint density at radius 3 is 2.62 bits per heavy atom. The number of aromatic nitrogens is 1. The zero-order valence-corrected chi connectivity index (χ0v) is 13.6. The molecule has 5 heteroatoms. The van der Waals surface area contributed by atoms with E-state index < -0.39 is 0 Å². The van der Waals surface area contributed by atoms with Crippen LogP contribution < -0.4 is 14.8 Å². The molecule has 5 nitrogen and oxygen atoms in total. The maximum absolute atomic E-state index is 12.3. The summed E-state index contributed by atoms with van der Waals surface area (Å²) in [5.74, 6) is 0.939. The fourth-order valence-electron chi connectivity index (χ4n) is 2.48. The van der Waals surface area contributed by atoms with Crippen molar-refractivity contribution in [2.45, 2.75) is 6.54 Å². The van der Waals surface area contributed by atoms with Crippen LogP contribution in [0.2, 0.25) is 0 Å². The van der Waals surface area contributed by atoms with Crippen molar-refractivity contribution in [1.29, 1.82) is 0 Å². The minimum Gasteiger partial charge on any atom is -0.493 e. The largest absolute Gasteiger partial charge is 0.493 e. The lowest BCUT2D eigenvalue weighted by molar-refractivity contribution is 0.0950. The van der Waals surface area contributed by atoms with Gasteiger partial charge < -0.3 is 14.8 Å². The van der Waals surface area contributed by atoms with Crippen molar-refractivity contribution in [1.82, 2.24) is 10.3 Å². The van der Waals surface area contributed by atoms with Crippen molar-refractivity contribution in [3.63, 3.8) is 0 Å². The van der Waals surface area contributed by atoms with Crippen LogP contribution in [0.15, 0.2) is 54.7 Å². The van der Waals surface area contributed by atoms with E-state index in [2.05, 4.69) is 10.3 Å². The van der Waals surface area contributed by atoms with Gasteiger partial charge in [-0.2, -0.15) is 0 Å². The number of methoxy groups -OCH3 is 2. The molecule has 1 aromatic heterocycles. The number of carbonyl (C=O) groups excluding carboxylic acids is 1. The van der Waals surface area contributed by atoms with Gasteiger partial charge in [-0.1, -0.05) is 18.2 Å². The van der Waals surface area contributed by atoms with Crippen LogP contribution in [0.4, 0.5) is 0 Å². The molecular weight excluding hydrogens is 304 g/mol. The maximum atomic E-state index is 12.3. The molecule has 3 rings (SSSR count). The van der Waals surface area contributed by atoms with Crippen molar-refractivity contribution < 1.29 is 14.3 Å². The molecule has 0 unspecified atom stereocenters. The van der Waals surface area contributed by atoms with E-state index in [1.165, 1.54) is 0 Å². The number of nitrogens with one attached hydrogen (secondary N) is 1. The van der Waals surface area contributed by atoms with Crippen molar-refractivity contribution in [3.05, 3.63) is 65.9 Å². The zero-order valence-electron chi connectivity index (χ0n) is 13.6. The Labute approximate surface area is 140 Å². The second kappa shape index (κ2) is 7.00. The summed E-state index contributed by atoms with van der Waals surface area (Å²) in [5, 5.41) is 3.94. The number of para-hydroxylation sites is 1. The molecule has 0 radical (unpaired) electrons. The number of hydrogen-bond donors (Lipinski definition) is 1. The van der Waals surface area contributed by atoms with Crippen LogP contribution in [0.1, 0.15) is 15.9 Å². The molecule has 0 bridgehead atoms. The first-order chi connectivity index (χ1) is 11.7. The van der Waals surface area contributed by atoms with Gasteiger partial charge in [0.15, 0.2) is 11.5 Å². The van der Waals surface area contributed by atoms with E-state index in [0.29, 0.717) is 23.6 Å². The van der Waals surface area contributed by atoms with Gasteiger partial charge in [-0.25, -0.2) is 0 Å². The molecule has 1 N–H and O–H groups in total. The predicted molar refractivity (Wildman–Crippen MR) is 92.5 cm³/mol. The van der Waals surface area contributed by atoms with E-state index in [-0.39, 0.29) is 5.91 Å². The average molecular weight is 322 g/mol. The molecule has 1 amide bonds. The molecule has 24 heavy (non-hydrogen) atoms. The standard InChI is InChI=1S/C19H18N2O3/c1-23-17-8-7-15(10-18(17)24-2)19(22)21-12-13-9-14-5-3-4-6-16(14)20-11-13/h3-11H,12H2,1-2H3,(H,21,22). The van der Waals surface area contributed by atoms with Gasteiger partial charge in [-0.3, -0.25) is 9.78 Å². The highest BCUT2D eigenvalue weighted by Crippen LogP contribution is 2.27. The summed E-state index contributed by atoms with van der Waals surface area (Å²) in [5.41, 5.74) is 2.40. The molecule has 0 saturated carbocycles. The fourth-order valence-corrected chi connectivity index (χ4v) is 2.48. The zero-order chi connectivity index (χ0) is 16.9. The Hall–Kier alpha value is -3.08. The predicted octanol–water partition coefficient (Wildman–Crippen LogP) is 3.18. The molecule has 2 aromatic carbocycles. The Morgan fingerprint density at radius 1 is 1.04 bits per heavy atom. The quantitative estimate of drug-likeness (QED) is 0.784. The molecule has 0 atom stereocenters. The topological polar surface area (TPSA) is 60.5 Å². The van der Waals surface area contributed by atoms with E-state index in [1.54, 1.807) is 38.6 Å². The number of benzene rings is 2. The SMILES string of the molecule is COc1ccc(C(=O)NCc2cnc3ccccc3c2)cc1OC. The van der Waals surface area contributed by atoms with Gasteiger partial charge in [0.05, 0.1) is 19.7 Å². The van der Waals surface area contributed by atoms with E-state index >= 15 is 0 Å². The summed E-state index contributed by atoms with van der Waals surface area (Å²) in [6, 6.07) is 15.0. The molecular formula is C19H18N2O3. The summed E-state index contributed by atoms with van der Waals surface area (Å²) >= 11 is 0. The van der Waals surface area contributed by atoms with E-state index in [9.17, 15) is 4.79 Å². The third-order valence-corrected chi connectivity index (χ3v) is 3.75. The molecule has 122 valence electrons. The van der Waals surface area contributed by atoms with Gasteiger partial charge in [0.1, 0.15) is 0 Å². The summed E-state index contributed by atoms with van der Waals surface area (Å²) in [4.78, 5) is 16.7. The van der Waals surface area contributed by atoms with E-state index in [4.69, 9.17) is 9.47 Å². The summed E-state index contributed by atoms with van der Waals surface area (Å²) < 4.78 is 10.4. The first-order valence-corrected chi connectivity index (χ1v) is 7.55. The number of nitrogens with zero attached hydrogens (tertiary/aromatic N) is 1. The lowest BCUT2D eigenvalue weighted by Gasteiger charge is -2.10. The van der Waals surface area contributed by atoms with Crippen LogP contribution in [0, 0.1) is 0 Å². The highest BCUT2D eigenvalue weighted by molar-refractivity contribution is 5.94. The summed E-state index contributed by atoms with van der Waals surface area (Å²) in [7, 11) is 3.10. The van der Waals surface area contributed by atoms with Crippen LogP contribution in [0.5, 0.6) is 11.5 Å². The lowest BCUT2D eigenvalue weighted by Crippen LogP contribution is -2.22. The molecule has 3 aromatic rings. The maximum Gasteiger partial charge on any atom is 0.251 e. The van der Waals surface area contributed by atoms with Gasteiger partial charge in [-0.05, 0) is 35.9 Å². The molecule has 1 heterocycles. The smallest absolute Gasteiger partial charge is 0.251 e. The Morgan fingerprint density at radius 2 is 1.83 bits per heavy atom. The summed E-state index contributed by atoms with van der Waals surface area (Å²) in [6.07, 6.45) is 1.78. The fraction of sp³-hybridized carbons (Fsp3) is 0.158. The number of rotatable bonds is 5. The number of carbonyl (C=O) groups is 1. The number of fused-ring (bicyclic) bond motifs is 1.